The van der Waals surface area contributed by atoms with Gasteiger partial charge in [-0.2, -0.15) is 0 Å². The van der Waals surface area contributed by atoms with Crippen molar-refractivity contribution in [3.8, 4) is 0 Å². The third-order valence-electron chi connectivity index (χ3n) is 2.35. The number of anilines is 1. The summed E-state index contributed by atoms with van der Waals surface area (Å²) in [6, 6.07) is 2.71. The Kier molecular flexibility index (Phi) is 4.79. The molecule has 1 aromatic heterocycles. The Morgan fingerprint density at radius 2 is 1.95 bits per heavy atom. The molecule has 3 N–H and O–H groups in total. The largest absolute Gasteiger partial charge is 0.477 e. The Morgan fingerprint density at radius 1 is 1.30 bits per heavy atom. The van der Waals surface area contributed by atoms with Crippen LogP contribution in [0.4, 0.5) is 5.69 Å². The molecule has 0 aliphatic carbocycles. The van der Waals surface area contributed by atoms with Gasteiger partial charge in [-0.25, -0.2) is 9.78 Å². The first-order valence-electron chi connectivity index (χ1n) is 5.97. The standard InChI is InChI=1S/C13H17N3O4/c1-13(2,3)12(20)15-7-10(17)16-8-4-5-14-9(6-8)11(18)19/h4-6H,7H2,1-3H3,(H,15,20)(H,18,19)(H,14,16,17). The van der Waals surface area contributed by atoms with E-state index in [1.54, 1.807) is 20.8 Å². The second kappa shape index (κ2) is 6.14. The van der Waals surface area contributed by atoms with Crippen LogP contribution >= 0.6 is 0 Å². The molecule has 108 valence electrons. The van der Waals surface area contributed by atoms with Gasteiger partial charge in [0.05, 0.1) is 6.54 Å². The van der Waals surface area contributed by atoms with E-state index < -0.39 is 17.3 Å². The third kappa shape index (κ3) is 4.68. The number of amides is 2. The van der Waals surface area contributed by atoms with Crippen LogP contribution in [0, 0.1) is 5.41 Å². The zero-order valence-electron chi connectivity index (χ0n) is 11.6. The predicted molar refractivity (Wildman–Crippen MR) is 72.3 cm³/mol. The number of aromatic nitrogens is 1. The Balaban J connectivity index is 2.57. The molecule has 1 aromatic rings. The second-order valence-electron chi connectivity index (χ2n) is 5.22. The van der Waals surface area contributed by atoms with Crippen molar-refractivity contribution in [3.05, 3.63) is 24.0 Å². The number of nitrogens with zero attached hydrogens (tertiary/aromatic N) is 1. The van der Waals surface area contributed by atoms with Crippen LogP contribution in [0.15, 0.2) is 18.3 Å². The summed E-state index contributed by atoms with van der Waals surface area (Å²) in [6.45, 7) is 5.04. The molecule has 0 bridgehead atoms. The maximum Gasteiger partial charge on any atom is 0.354 e. The lowest BCUT2D eigenvalue weighted by Gasteiger charge is -2.17. The fourth-order valence-corrected chi connectivity index (χ4v) is 1.26. The van der Waals surface area contributed by atoms with Gasteiger partial charge in [0.1, 0.15) is 5.69 Å². The molecule has 0 aliphatic rings. The molecule has 2 amide bonds. The van der Waals surface area contributed by atoms with Crippen molar-refractivity contribution < 1.29 is 19.5 Å². The van der Waals surface area contributed by atoms with Crippen LogP contribution in [0.3, 0.4) is 0 Å². The SMILES string of the molecule is CC(C)(C)C(=O)NCC(=O)Nc1ccnc(C(=O)O)c1. The van der Waals surface area contributed by atoms with Crippen LogP contribution in [0.1, 0.15) is 31.3 Å². The number of carbonyl (C=O) groups is 3. The molecule has 0 saturated carbocycles. The van der Waals surface area contributed by atoms with Gasteiger partial charge in [0.15, 0.2) is 0 Å². The first kappa shape index (κ1) is 15.6. The molecule has 0 fully saturated rings. The number of hydrogen-bond acceptors (Lipinski definition) is 4. The van der Waals surface area contributed by atoms with E-state index in [1.807, 2.05) is 0 Å². The van der Waals surface area contributed by atoms with E-state index in [1.165, 1.54) is 18.3 Å². The minimum Gasteiger partial charge on any atom is -0.477 e. The number of carboxylic acid groups (broad SMARTS) is 1. The predicted octanol–water partition coefficient (Wildman–Crippen LogP) is 0.881. The van der Waals surface area contributed by atoms with Crippen molar-refractivity contribution in [2.45, 2.75) is 20.8 Å². The van der Waals surface area contributed by atoms with Crippen LogP contribution in [0.5, 0.6) is 0 Å². The fraction of sp³-hybridized carbons (Fsp3) is 0.385. The topological polar surface area (TPSA) is 108 Å². The average Bonchev–Trinajstić information content (AvgIpc) is 2.35. The van der Waals surface area contributed by atoms with Gasteiger partial charge in [-0.15, -0.1) is 0 Å². The fourth-order valence-electron chi connectivity index (χ4n) is 1.26. The molecule has 7 heteroatoms. The Hall–Kier alpha value is -2.44. The number of carbonyl (C=O) groups excluding carboxylic acids is 2. The highest BCUT2D eigenvalue weighted by molar-refractivity contribution is 5.96. The van der Waals surface area contributed by atoms with Crippen LogP contribution < -0.4 is 10.6 Å². The van der Waals surface area contributed by atoms with Crippen molar-refractivity contribution in [1.29, 1.82) is 0 Å². The lowest BCUT2D eigenvalue weighted by atomic mass is 9.96. The van der Waals surface area contributed by atoms with Gasteiger partial charge in [-0.3, -0.25) is 9.59 Å². The summed E-state index contributed by atoms with van der Waals surface area (Å²) < 4.78 is 0. The van der Waals surface area contributed by atoms with E-state index in [9.17, 15) is 14.4 Å². The molecule has 0 aliphatic heterocycles. The van der Waals surface area contributed by atoms with Gasteiger partial charge >= 0.3 is 5.97 Å². The van der Waals surface area contributed by atoms with Crippen LogP contribution in [-0.2, 0) is 9.59 Å². The van der Waals surface area contributed by atoms with Crippen LogP contribution in [0.2, 0.25) is 0 Å². The van der Waals surface area contributed by atoms with E-state index in [4.69, 9.17) is 5.11 Å². The van der Waals surface area contributed by atoms with Gasteiger partial charge in [0, 0.05) is 17.3 Å². The van der Waals surface area contributed by atoms with E-state index in [0.717, 1.165) is 0 Å². The first-order valence-corrected chi connectivity index (χ1v) is 5.97. The Morgan fingerprint density at radius 3 is 2.50 bits per heavy atom. The summed E-state index contributed by atoms with van der Waals surface area (Å²) in [5.41, 5.74) is -0.429. The molecular formula is C13H17N3O4. The average molecular weight is 279 g/mol. The highest BCUT2D eigenvalue weighted by Gasteiger charge is 2.21. The summed E-state index contributed by atoms with van der Waals surface area (Å²) in [7, 11) is 0. The molecule has 0 atom stereocenters. The summed E-state index contributed by atoms with van der Waals surface area (Å²) in [5.74, 6) is -1.86. The summed E-state index contributed by atoms with van der Waals surface area (Å²) in [4.78, 5) is 37.6. The van der Waals surface area contributed by atoms with Crippen molar-refractivity contribution in [2.75, 3.05) is 11.9 Å². The number of rotatable bonds is 4. The van der Waals surface area contributed by atoms with Gasteiger partial charge in [0.25, 0.3) is 0 Å². The van der Waals surface area contributed by atoms with Crippen LogP contribution in [-0.4, -0.2) is 34.4 Å². The zero-order chi connectivity index (χ0) is 15.3. The molecule has 20 heavy (non-hydrogen) atoms. The Labute approximate surface area is 116 Å². The van der Waals surface area contributed by atoms with E-state index in [0.29, 0.717) is 5.69 Å². The molecule has 0 saturated heterocycles. The normalized spacial score (nSPS) is 10.8. The third-order valence-corrected chi connectivity index (χ3v) is 2.35. The maximum atomic E-state index is 11.6. The van der Waals surface area contributed by atoms with Crippen molar-refractivity contribution in [2.24, 2.45) is 5.41 Å². The molecule has 0 spiro atoms. The zero-order valence-corrected chi connectivity index (χ0v) is 11.6. The number of aromatic carboxylic acids is 1. The van der Waals surface area contributed by atoms with Gasteiger partial charge in [-0.1, -0.05) is 20.8 Å². The second-order valence-corrected chi connectivity index (χ2v) is 5.22. The maximum absolute atomic E-state index is 11.6. The quantitative estimate of drug-likeness (QED) is 0.758. The number of nitrogens with one attached hydrogen (secondary N) is 2. The number of hydrogen-bond donors (Lipinski definition) is 3. The number of carboxylic acids is 1. The van der Waals surface area contributed by atoms with Crippen molar-refractivity contribution in [1.82, 2.24) is 10.3 Å². The van der Waals surface area contributed by atoms with Crippen molar-refractivity contribution in [3.63, 3.8) is 0 Å². The Bertz CT molecular complexity index is 535. The molecule has 0 aromatic carbocycles. The minimum atomic E-state index is -1.18. The van der Waals surface area contributed by atoms with E-state index in [2.05, 4.69) is 15.6 Å². The molecule has 0 unspecified atom stereocenters. The van der Waals surface area contributed by atoms with E-state index >= 15 is 0 Å². The summed E-state index contributed by atoms with van der Waals surface area (Å²) in [5, 5.41) is 13.8. The highest BCUT2D eigenvalue weighted by atomic mass is 16.4. The highest BCUT2D eigenvalue weighted by Crippen LogP contribution is 2.12. The summed E-state index contributed by atoms with van der Waals surface area (Å²) in [6.07, 6.45) is 1.28. The molecule has 1 heterocycles. The lowest BCUT2D eigenvalue weighted by molar-refractivity contribution is -0.130. The molecule has 7 nitrogen and oxygen atoms in total. The molecular weight excluding hydrogens is 262 g/mol. The van der Waals surface area contributed by atoms with E-state index in [-0.39, 0.29) is 18.1 Å². The van der Waals surface area contributed by atoms with Gasteiger partial charge in [-0.05, 0) is 12.1 Å². The first-order chi connectivity index (χ1) is 9.20. The number of pyridine rings is 1. The monoisotopic (exact) mass is 279 g/mol. The minimum absolute atomic E-state index is 0.165. The lowest BCUT2D eigenvalue weighted by Crippen LogP contribution is -2.39. The smallest absolute Gasteiger partial charge is 0.354 e. The van der Waals surface area contributed by atoms with Gasteiger partial charge in [0.2, 0.25) is 11.8 Å². The van der Waals surface area contributed by atoms with Gasteiger partial charge < -0.3 is 15.7 Å². The molecule has 0 radical (unpaired) electrons. The van der Waals surface area contributed by atoms with Crippen molar-refractivity contribution >= 4 is 23.5 Å². The molecule has 1 rings (SSSR count). The summed E-state index contributed by atoms with van der Waals surface area (Å²) >= 11 is 0. The van der Waals surface area contributed by atoms with Crippen LogP contribution in [0.25, 0.3) is 0 Å².